The van der Waals surface area contributed by atoms with E-state index < -0.39 is 0 Å². The molecule has 0 atom stereocenters. The van der Waals surface area contributed by atoms with Gasteiger partial charge in [0.05, 0.1) is 6.20 Å². The SMILES string of the molecule is CCCN(CCN)c1cnccn1. The van der Waals surface area contributed by atoms with E-state index in [2.05, 4.69) is 21.8 Å². The van der Waals surface area contributed by atoms with Crippen molar-refractivity contribution in [2.75, 3.05) is 24.5 Å². The molecule has 0 unspecified atom stereocenters. The zero-order valence-electron chi connectivity index (χ0n) is 7.98. The summed E-state index contributed by atoms with van der Waals surface area (Å²) in [6, 6.07) is 0. The second kappa shape index (κ2) is 5.48. The van der Waals surface area contributed by atoms with Crippen molar-refractivity contribution in [3.8, 4) is 0 Å². The summed E-state index contributed by atoms with van der Waals surface area (Å²) in [5, 5.41) is 0. The third-order valence-electron chi connectivity index (χ3n) is 1.77. The third-order valence-corrected chi connectivity index (χ3v) is 1.77. The minimum Gasteiger partial charge on any atom is -0.354 e. The van der Waals surface area contributed by atoms with Crippen LogP contribution in [0.1, 0.15) is 13.3 Å². The summed E-state index contributed by atoms with van der Waals surface area (Å²) in [5.74, 6) is 0.912. The van der Waals surface area contributed by atoms with Gasteiger partial charge in [0.2, 0.25) is 0 Å². The van der Waals surface area contributed by atoms with E-state index in [1.165, 1.54) is 0 Å². The fourth-order valence-corrected chi connectivity index (χ4v) is 1.22. The molecule has 0 aliphatic heterocycles. The van der Waals surface area contributed by atoms with E-state index in [0.29, 0.717) is 6.54 Å². The molecule has 0 saturated heterocycles. The largest absolute Gasteiger partial charge is 0.354 e. The lowest BCUT2D eigenvalue weighted by atomic mass is 10.4. The van der Waals surface area contributed by atoms with E-state index in [-0.39, 0.29) is 0 Å². The summed E-state index contributed by atoms with van der Waals surface area (Å²) in [7, 11) is 0. The molecule has 0 aromatic carbocycles. The molecular formula is C9H16N4. The highest BCUT2D eigenvalue weighted by molar-refractivity contribution is 5.34. The number of rotatable bonds is 5. The smallest absolute Gasteiger partial charge is 0.147 e. The van der Waals surface area contributed by atoms with E-state index >= 15 is 0 Å². The summed E-state index contributed by atoms with van der Waals surface area (Å²) < 4.78 is 0. The Morgan fingerprint density at radius 1 is 1.38 bits per heavy atom. The molecule has 1 heterocycles. The van der Waals surface area contributed by atoms with Crippen LogP contribution in [0.15, 0.2) is 18.6 Å². The van der Waals surface area contributed by atoms with Crippen LogP contribution in [0.2, 0.25) is 0 Å². The minimum absolute atomic E-state index is 0.649. The highest BCUT2D eigenvalue weighted by Crippen LogP contribution is 2.06. The second-order valence-corrected chi connectivity index (χ2v) is 2.84. The van der Waals surface area contributed by atoms with Crippen molar-refractivity contribution in [2.45, 2.75) is 13.3 Å². The Hall–Kier alpha value is -1.16. The molecule has 0 saturated carbocycles. The van der Waals surface area contributed by atoms with Crippen molar-refractivity contribution in [1.82, 2.24) is 9.97 Å². The highest BCUT2D eigenvalue weighted by atomic mass is 15.2. The van der Waals surface area contributed by atoms with Crippen molar-refractivity contribution in [2.24, 2.45) is 5.73 Å². The van der Waals surface area contributed by atoms with Crippen LogP contribution in [-0.4, -0.2) is 29.6 Å². The number of aromatic nitrogens is 2. The summed E-state index contributed by atoms with van der Waals surface area (Å²) in [6.07, 6.45) is 6.24. The van der Waals surface area contributed by atoms with Gasteiger partial charge in [0.25, 0.3) is 0 Å². The number of hydrogen-bond donors (Lipinski definition) is 1. The lowest BCUT2D eigenvalue weighted by Gasteiger charge is -2.21. The summed E-state index contributed by atoms with van der Waals surface area (Å²) in [4.78, 5) is 10.4. The zero-order valence-corrected chi connectivity index (χ0v) is 7.98. The van der Waals surface area contributed by atoms with Crippen LogP contribution < -0.4 is 10.6 Å². The molecule has 0 amide bonds. The molecule has 0 bridgehead atoms. The predicted molar refractivity (Wildman–Crippen MR) is 53.6 cm³/mol. The quantitative estimate of drug-likeness (QED) is 0.723. The topological polar surface area (TPSA) is 55.0 Å². The molecule has 4 nitrogen and oxygen atoms in total. The molecule has 0 aliphatic rings. The fourth-order valence-electron chi connectivity index (χ4n) is 1.22. The maximum atomic E-state index is 5.51. The van der Waals surface area contributed by atoms with E-state index in [4.69, 9.17) is 5.73 Å². The minimum atomic E-state index is 0.649. The highest BCUT2D eigenvalue weighted by Gasteiger charge is 2.04. The first-order valence-corrected chi connectivity index (χ1v) is 4.59. The van der Waals surface area contributed by atoms with Gasteiger partial charge in [0.1, 0.15) is 5.82 Å². The molecule has 0 aliphatic carbocycles. The first-order valence-electron chi connectivity index (χ1n) is 4.59. The molecular weight excluding hydrogens is 164 g/mol. The van der Waals surface area contributed by atoms with E-state index in [0.717, 1.165) is 25.3 Å². The standard InChI is InChI=1S/C9H16N4/c1-2-6-13(7-3-10)9-8-11-4-5-12-9/h4-5,8H,2-3,6-7,10H2,1H3. The molecule has 72 valence electrons. The number of hydrogen-bond acceptors (Lipinski definition) is 4. The molecule has 0 fully saturated rings. The van der Waals surface area contributed by atoms with Crippen molar-refractivity contribution in [1.29, 1.82) is 0 Å². The van der Waals surface area contributed by atoms with Gasteiger partial charge in [-0.05, 0) is 6.42 Å². The molecule has 1 aromatic rings. The Morgan fingerprint density at radius 2 is 2.23 bits per heavy atom. The van der Waals surface area contributed by atoms with Crippen LogP contribution in [0.25, 0.3) is 0 Å². The van der Waals surface area contributed by atoms with Crippen molar-refractivity contribution < 1.29 is 0 Å². The first kappa shape index (κ1) is 9.92. The van der Waals surface area contributed by atoms with E-state index in [1.807, 2.05) is 0 Å². The average Bonchev–Trinajstić information content (AvgIpc) is 2.19. The normalized spacial score (nSPS) is 10.0. The van der Waals surface area contributed by atoms with Gasteiger partial charge in [-0.1, -0.05) is 6.92 Å². The van der Waals surface area contributed by atoms with Crippen LogP contribution in [0.5, 0.6) is 0 Å². The van der Waals surface area contributed by atoms with Crippen LogP contribution in [0, 0.1) is 0 Å². The van der Waals surface area contributed by atoms with Crippen LogP contribution in [0.3, 0.4) is 0 Å². The molecule has 2 N–H and O–H groups in total. The van der Waals surface area contributed by atoms with Gasteiger partial charge in [-0.15, -0.1) is 0 Å². The molecule has 13 heavy (non-hydrogen) atoms. The van der Waals surface area contributed by atoms with Gasteiger partial charge >= 0.3 is 0 Å². The average molecular weight is 180 g/mol. The Bertz CT molecular complexity index is 218. The van der Waals surface area contributed by atoms with Gasteiger partial charge in [0, 0.05) is 32.0 Å². The maximum Gasteiger partial charge on any atom is 0.147 e. The zero-order chi connectivity index (χ0) is 9.52. The Balaban J connectivity index is 2.64. The molecule has 4 heteroatoms. The Morgan fingerprint density at radius 3 is 2.77 bits per heavy atom. The molecule has 0 spiro atoms. The second-order valence-electron chi connectivity index (χ2n) is 2.84. The Labute approximate surface area is 78.8 Å². The van der Waals surface area contributed by atoms with Gasteiger partial charge in [-0.3, -0.25) is 4.98 Å². The predicted octanol–water partition coefficient (Wildman–Crippen LogP) is 0.652. The van der Waals surface area contributed by atoms with E-state index in [1.54, 1.807) is 18.6 Å². The van der Waals surface area contributed by atoms with Crippen molar-refractivity contribution >= 4 is 5.82 Å². The molecule has 0 radical (unpaired) electrons. The van der Waals surface area contributed by atoms with Crippen LogP contribution >= 0.6 is 0 Å². The first-order chi connectivity index (χ1) is 6.38. The molecule has 1 aromatic heterocycles. The third kappa shape index (κ3) is 2.99. The Kier molecular flexibility index (Phi) is 4.18. The van der Waals surface area contributed by atoms with Crippen molar-refractivity contribution in [3.63, 3.8) is 0 Å². The van der Waals surface area contributed by atoms with Crippen molar-refractivity contribution in [3.05, 3.63) is 18.6 Å². The van der Waals surface area contributed by atoms with Crippen LogP contribution in [-0.2, 0) is 0 Å². The lowest BCUT2D eigenvalue weighted by Crippen LogP contribution is -2.30. The number of anilines is 1. The lowest BCUT2D eigenvalue weighted by molar-refractivity contribution is 0.748. The fraction of sp³-hybridized carbons (Fsp3) is 0.556. The summed E-state index contributed by atoms with van der Waals surface area (Å²) >= 11 is 0. The van der Waals surface area contributed by atoms with E-state index in [9.17, 15) is 0 Å². The maximum absolute atomic E-state index is 5.51. The summed E-state index contributed by atoms with van der Waals surface area (Å²) in [5.41, 5.74) is 5.51. The van der Waals surface area contributed by atoms with Gasteiger partial charge in [-0.25, -0.2) is 4.98 Å². The van der Waals surface area contributed by atoms with Gasteiger partial charge in [0.15, 0.2) is 0 Å². The summed E-state index contributed by atoms with van der Waals surface area (Å²) in [6.45, 7) is 4.61. The monoisotopic (exact) mass is 180 g/mol. The van der Waals surface area contributed by atoms with Gasteiger partial charge in [-0.2, -0.15) is 0 Å². The van der Waals surface area contributed by atoms with Gasteiger partial charge < -0.3 is 10.6 Å². The molecule has 1 rings (SSSR count). The number of nitrogens with two attached hydrogens (primary N) is 1. The number of nitrogens with zero attached hydrogens (tertiary/aromatic N) is 3. The van der Waals surface area contributed by atoms with Crippen LogP contribution in [0.4, 0.5) is 5.82 Å².